The Morgan fingerprint density at radius 3 is 2.67 bits per heavy atom. The van der Waals surface area contributed by atoms with Crippen LogP contribution in [0.15, 0.2) is 42.6 Å². The Morgan fingerprint density at radius 2 is 1.96 bits per heavy atom. The predicted molar refractivity (Wildman–Crippen MR) is 102 cm³/mol. The second-order valence-corrected chi connectivity index (χ2v) is 6.65. The van der Waals surface area contributed by atoms with Gasteiger partial charge in [-0.25, -0.2) is 4.98 Å². The van der Waals surface area contributed by atoms with Gasteiger partial charge in [-0.1, -0.05) is 0 Å². The number of carbonyl (C=O) groups excluding carboxylic acids is 1. The molecule has 0 radical (unpaired) electrons. The van der Waals surface area contributed by atoms with Crippen molar-refractivity contribution in [2.75, 3.05) is 13.2 Å². The Morgan fingerprint density at radius 1 is 1.22 bits per heavy atom. The van der Waals surface area contributed by atoms with Gasteiger partial charge in [-0.05, 0) is 68.5 Å². The standard InChI is InChI=1S/C21H26N2O4/c1-3-25-18-6-8-19(9-7-18)27-20-12-17(10-11-22-20)13-23-21(24)15(2)26-14-16-4-5-16/h6-12,15-16H,3-5,13-14H2,1-2H3,(H,23,24). The molecule has 1 fully saturated rings. The molecule has 1 aromatic carbocycles. The van der Waals surface area contributed by atoms with Crippen molar-refractivity contribution in [2.24, 2.45) is 5.92 Å². The molecular weight excluding hydrogens is 344 g/mol. The summed E-state index contributed by atoms with van der Waals surface area (Å²) in [6.07, 6.45) is 3.65. The van der Waals surface area contributed by atoms with Gasteiger partial charge in [-0.2, -0.15) is 0 Å². The van der Waals surface area contributed by atoms with Crippen LogP contribution < -0.4 is 14.8 Å². The molecule has 1 saturated carbocycles. The number of hydrogen-bond donors (Lipinski definition) is 1. The molecule has 0 saturated heterocycles. The zero-order chi connectivity index (χ0) is 19.1. The van der Waals surface area contributed by atoms with Crippen LogP contribution in [-0.2, 0) is 16.1 Å². The third kappa shape index (κ3) is 6.25. The number of benzene rings is 1. The maximum Gasteiger partial charge on any atom is 0.249 e. The van der Waals surface area contributed by atoms with E-state index in [0.29, 0.717) is 37.3 Å². The van der Waals surface area contributed by atoms with Crippen molar-refractivity contribution in [1.29, 1.82) is 0 Å². The largest absolute Gasteiger partial charge is 0.494 e. The Balaban J connectivity index is 1.49. The first-order chi connectivity index (χ1) is 13.1. The molecule has 1 heterocycles. The molecule has 6 nitrogen and oxygen atoms in total. The van der Waals surface area contributed by atoms with Gasteiger partial charge in [0, 0.05) is 18.8 Å². The normalized spacial score (nSPS) is 14.4. The fourth-order valence-electron chi connectivity index (χ4n) is 2.48. The molecule has 1 unspecified atom stereocenters. The molecule has 2 aromatic rings. The maximum absolute atomic E-state index is 12.1. The van der Waals surface area contributed by atoms with Crippen molar-refractivity contribution in [3.63, 3.8) is 0 Å². The first-order valence-corrected chi connectivity index (χ1v) is 9.39. The lowest BCUT2D eigenvalue weighted by Gasteiger charge is -2.13. The minimum absolute atomic E-state index is 0.110. The highest BCUT2D eigenvalue weighted by molar-refractivity contribution is 5.80. The summed E-state index contributed by atoms with van der Waals surface area (Å²) in [5.41, 5.74) is 0.911. The van der Waals surface area contributed by atoms with Crippen LogP contribution in [0.3, 0.4) is 0 Å². The van der Waals surface area contributed by atoms with Crippen LogP contribution in [-0.4, -0.2) is 30.2 Å². The number of amides is 1. The molecule has 0 bridgehead atoms. The van der Waals surface area contributed by atoms with Crippen LogP contribution in [0.1, 0.15) is 32.3 Å². The van der Waals surface area contributed by atoms with Crippen molar-refractivity contribution in [3.8, 4) is 17.4 Å². The van der Waals surface area contributed by atoms with Crippen molar-refractivity contribution in [1.82, 2.24) is 10.3 Å². The van der Waals surface area contributed by atoms with Crippen molar-refractivity contribution < 1.29 is 19.0 Å². The number of aromatic nitrogens is 1. The van der Waals surface area contributed by atoms with Gasteiger partial charge in [0.15, 0.2) is 0 Å². The number of nitrogens with one attached hydrogen (secondary N) is 1. The van der Waals surface area contributed by atoms with E-state index in [1.165, 1.54) is 12.8 Å². The average molecular weight is 370 g/mol. The van der Waals surface area contributed by atoms with Gasteiger partial charge in [0.05, 0.1) is 13.2 Å². The van der Waals surface area contributed by atoms with Gasteiger partial charge in [0.2, 0.25) is 11.8 Å². The smallest absolute Gasteiger partial charge is 0.249 e. The summed E-state index contributed by atoms with van der Waals surface area (Å²) in [5, 5.41) is 2.89. The molecule has 1 aliphatic carbocycles. The number of pyridine rings is 1. The van der Waals surface area contributed by atoms with E-state index in [1.807, 2.05) is 43.3 Å². The highest BCUT2D eigenvalue weighted by Crippen LogP contribution is 2.29. The van der Waals surface area contributed by atoms with Crippen LogP contribution in [0.2, 0.25) is 0 Å². The highest BCUT2D eigenvalue weighted by Gasteiger charge is 2.23. The second kappa shape index (κ2) is 9.37. The summed E-state index contributed by atoms with van der Waals surface area (Å²) < 4.78 is 16.8. The Hall–Kier alpha value is -2.60. The molecular formula is C21H26N2O4. The van der Waals surface area contributed by atoms with Crippen molar-refractivity contribution in [2.45, 2.75) is 39.3 Å². The molecule has 27 heavy (non-hydrogen) atoms. The van der Waals surface area contributed by atoms with E-state index >= 15 is 0 Å². The molecule has 1 amide bonds. The molecule has 1 aromatic heterocycles. The van der Waals surface area contributed by atoms with Gasteiger partial charge >= 0.3 is 0 Å². The van der Waals surface area contributed by atoms with Gasteiger partial charge in [-0.15, -0.1) is 0 Å². The van der Waals surface area contributed by atoms with E-state index in [0.717, 1.165) is 11.3 Å². The molecule has 3 rings (SSSR count). The van der Waals surface area contributed by atoms with E-state index in [-0.39, 0.29) is 5.91 Å². The van der Waals surface area contributed by atoms with Crippen LogP contribution in [0.5, 0.6) is 17.4 Å². The van der Waals surface area contributed by atoms with Crippen LogP contribution in [0.4, 0.5) is 0 Å². The van der Waals surface area contributed by atoms with Gasteiger partial charge in [0.1, 0.15) is 17.6 Å². The summed E-state index contributed by atoms with van der Waals surface area (Å²) >= 11 is 0. The summed E-state index contributed by atoms with van der Waals surface area (Å²) in [7, 11) is 0. The monoisotopic (exact) mass is 370 g/mol. The third-order valence-electron chi connectivity index (χ3n) is 4.27. The number of carbonyl (C=O) groups is 1. The van der Waals surface area contributed by atoms with Crippen LogP contribution in [0.25, 0.3) is 0 Å². The zero-order valence-corrected chi connectivity index (χ0v) is 15.8. The van der Waals surface area contributed by atoms with E-state index in [4.69, 9.17) is 14.2 Å². The Labute approximate surface area is 159 Å². The Bertz CT molecular complexity index is 744. The van der Waals surface area contributed by atoms with E-state index in [9.17, 15) is 4.79 Å². The molecule has 1 aliphatic rings. The first-order valence-electron chi connectivity index (χ1n) is 9.39. The Kier molecular flexibility index (Phi) is 6.65. The second-order valence-electron chi connectivity index (χ2n) is 6.65. The zero-order valence-electron chi connectivity index (χ0n) is 15.8. The highest BCUT2D eigenvalue weighted by atomic mass is 16.5. The summed E-state index contributed by atoms with van der Waals surface area (Å²) in [6.45, 7) is 5.42. The third-order valence-corrected chi connectivity index (χ3v) is 4.27. The van der Waals surface area contributed by atoms with Crippen molar-refractivity contribution >= 4 is 5.91 Å². The van der Waals surface area contributed by atoms with Crippen LogP contribution >= 0.6 is 0 Å². The van der Waals surface area contributed by atoms with Crippen molar-refractivity contribution in [3.05, 3.63) is 48.2 Å². The van der Waals surface area contributed by atoms with Gasteiger partial charge in [0.25, 0.3) is 0 Å². The molecule has 0 spiro atoms. The summed E-state index contributed by atoms with van der Waals surface area (Å²) in [5.74, 6) is 2.48. The SMILES string of the molecule is CCOc1ccc(Oc2cc(CNC(=O)C(C)OCC3CC3)ccn2)cc1. The van der Waals surface area contributed by atoms with Gasteiger partial charge < -0.3 is 19.5 Å². The lowest BCUT2D eigenvalue weighted by atomic mass is 10.2. The van der Waals surface area contributed by atoms with Crippen LogP contribution in [0, 0.1) is 5.92 Å². The molecule has 1 atom stereocenters. The number of ether oxygens (including phenoxy) is 3. The van der Waals surface area contributed by atoms with E-state index in [2.05, 4.69) is 10.3 Å². The van der Waals surface area contributed by atoms with E-state index in [1.54, 1.807) is 13.1 Å². The fraction of sp³-hybridized carbons (Fsp3) is 0.429. The quantitative estimate of drug-likeness (QED) is 0.690. The number of rotatable bonds is 10. The molecule has 144 valence electrons. The number of nitrogens with zero attached hydrogens (tertiary/aromatic N) is 1. The lowest BCUT2D eigenvalue weighted by molar-refractivity contribution is -0.132. The first kappa shape index (κ1) is 19.2. The predicted octanol–water partition coefficient (Wildman–Crippen LogP) is 3.70. The minimum Gasteiger partial charge on any atom is -0.494 e. The number of hydrogen-bond acceptors (Lipinski definition) is 5. The molecule has 6 heteroatoms. The maximum atomic E-state index is 12.1. The lowest BCUT2D eigenvalue weighted by Crippen LogP contribution is -2.34. The molecule has 1 N–H and O–H groups in total. The van der Waals surface area contributed by atoms with E-state index < -0.39 is 6.10 Å². The summed E-state index contributed by atoms with van der Waals surface area (Å²) in [4.78, 5) is 16.3. The molecule has 0 aliphatic heterocycles. The summed E-state index contributed by atoms with van der Waals surface area (Å²) in [6, 6.07) is 11.0. The minimum atomic E-state index is -0.438. The van der Waals surface area contributed by atoms with Gasteiger partial charge in [-0.3, -0.25) is 4.79 Å². The fourth-order valence-corrected chi connectivity index (χ4v) is 2.48. The average Bonchev–Trinajstić information content (AvgIpc) is 3.51. The topological polar surface area (TPSA) is 69.7 Å².